The zero-order chi connectivity index (χ0) is 16.8. The van der Waals surface area contributed by atoms with Crippen LogP contribution in [0.3, 0.4) is 0 Å². The van der Waals surface area contributed by atoms with E-state index >= 15 is 0 Å². The third kappa shape index (κ3) is 4.10. The first-order chi connectivity index (χ1) is 11.0. The van der Waals surface area contributed by atoms with Crippen molar-refractivity contribution in [2.45, 2.75) is 0 Å². The molecule has 9 heteroatoms. The highest BCUT2D eigenvalue weighted by Crippen LogP contribution is 2.28. The number of amidine groups is 1. The average molecular weight is 335 g/mol. The molecule has 0 bridgehead atoms. The predicted octanol–water partition coefficient (Wildman–Crippen LogP) is 1.01. The van der Waals surface area contributed by atoms with Crippen molar-refractivity contribution in [2.24, 2.45) is 10.2 Å². The number of nitrogens with zero attached hydrogens (tertiary/aromatic N) is 2. The van der Waals surface area contributed by atoms with Gasteiger partial charge in [-0.3, -0.25) is 10.1 Å². The number of carbonyl (C=O) groups is 2. The highest BCUT2D eigenvalue weighted by Gasteiger charge is 2.25. The van der Waals surface area contributed by atoms with Gasteiger partial charge >= 0.3 is 5.97 Å². The highest BCUT2D eigenvalue weighted by molar-refractivity contribution is 8.18. The molecular weight excluding hydrogens is 322 g/mol. The molecule has 1 heterocycles. The third-order valence-electron chi connectivity index (χ3n) is 2.70. The number of amides is 1. The minimum Gasteiger partial charge on any atom is -0.504 e. The summed E-state index contributed by atoms with van der Waals surface area (Å²) in [5.41, 5.74) is 0.411. The molecule has 1 amide bonds. The lowest BCUT2D eigenvalue weighted by atomic mass is 10.2. The van der Waals surface area contributed by atoms with E-state index in [4.69, 9.17) is 4.74 Å². The molecule has 0 saturated carbocycles. The molecule has 1 aromatic carbocycles. The zero-order valence-corrected chi connectivity index (χ0v) is 13.1. The maximum atomic E-state index is 11.6. The number of methoxy groups -OCH3 is 2. The van der Waals surface area contributed by atoms with Crippen LogP contribution in [0.2, 0.25) is 0 Å². The van der Waals surface area contributed by atoms with E-state index in [1.807, 2.05) is 0 Å². The first kappa shape index (κ1) is 16.6. The Hall–Kier alpha value is -2.81. The summed E-state index contributed by atoms with van der Waals surface area (Å²) in [6.07, 6.45) is 2.39. The highest BCUT2D eigenvalue weighted by atomic mass is 32.2. The van der Waals surface area contributed by atoms with Crippen LogP contribution in [-0.2, 0) is 14.3 Å². The number of aromatic hydroxyl groups is 1. The van der Waals surface area contributed by atoms with E-state index in [0.29, 0.717) is 11.3 Å². The summed E-state index contributed by atoms with van der Waals surface area (Å²) in [4.78, 5) is 22.9. The number of hydrogen-bond donors (Lipinski definition) is 2. The fraction of sp³-hybridized carbons (Fsp3) is 0.143. The summed E-state index contributed by atoms with van der Waals surface area (Å²) in [5.74, 6) is -0.839. The normalized spacial score (nSPS) is 17.7. The Morgan fingerprint density at radius 1 is 1.39 bits per heavy atom. The fourth-order valence-corrected chi connectivity index (χ4v) is 2.33. The topological polar surface area (TPSA) is 110 Å². The number of carbonyl (C=O) groups excluding carboxylic acids is 2. The molecule has 0 unspecified atom stereocenters. The van der Waals surface area contributed by atoms with Gasteiger partial charge in [-0.1, -0.05) is 6.07 Å². The smallest absolute Gasteiger partial charge is 0.331 e. The van der Waals surface area contributed by atoms with Gasteiger partial charge in [0.1, 0.15) is 0 Å². The van der Waals surface area contributed by atoms with Gasteiger partial charge < -0.3 is 14.6 Å². The van der Waals surface area contributed by atoms with Gasteiger partial charge in [0.25, 0.3) is 5.91 Å². The molecule has 0 aliphatic carbocycles. The second-order valence-electron chi connectivity index (χ2n) is 4.14. The summed E-state index contributed by atoms with van der Waals surface area (Å²) < 4.78 is 9.43. The molecule has 2 N–H and O–H groups in total. The monoisotopic (exact) mass is 335 g/mol. The van der Waals surface area contributed by atoms with Crippen molar-refractivity contribution >= 4 is 35.0 Å². The van der Waals surface area contributed by atoms with E-state index in [2.05, 4.69) is 20.3 Å². The van der Waals surface area contributed by atoms with Gasteiger partial charge in [-0.25, -0.2) is 4.79 Å². The molecular formula is C14H13N3O5S. The maximum Gasteiger partial charge on any atom is 0.331 e. The van der Waals surface area contributed by atoms with Crippen LogP contribution in [0.5, 0.6) is 11.5 Å². The molecule has 120 valence electrons. The van der Waals surface area contributed by atoms with Crippen LogP contribution in [0, 0.1) is 0 Å². The lowest BCUT2D eigenvalue weighted by Crippen LogP contribution is -2.19. The SMILES string of the molecule is COC(=O)/C=C1/S/C(=N\N=Cc2cccc(OC)c2O)NC1=O. The number of hydrogen-bond acceptors (Lipinski definition) is 8. The van der Waals surface area contributed by atoms with Gasteiger partial charge in [-0.15, -0.1) is 5.10 Å². The first-order valence-corrected chi connectivity index (χ1v) is 7.12. The number of para-hydroxylation sites is 1. The molecule has 0 radical (unpaired) electrons. The van der Waals surface area contributed by atoms with Crippen molar-refractivity contribution in [3.8, 4) is 11.5 Å². The molecule has 1 aromatic rings. The van der Waals surface area contributed by atoms with Crippen LogP contribution >= 0.6 is 11.8 Å². The van der Waals surface area contributed by atoms with Crippen LogP contribution < -0.4 is 10.1 Å². The van der Waals surface area contributed by atoms with E-state index < -0.39 is 11.9 Å². The van der Waals surface area contributed by atoms with Crippen molar-refractivity contribution in [1.82, 2.24) is 5.32 Å². The molecule has 0 spiro atoms. The molecule has 23 heavy (non-hydrogen) atoms. The maximum absolute atomic E-state index is 11.6. The number of esters is 1. The Morgan fingerprint density at radius 3 is 2.87 bits per heavy atom. The molecule has 0 atom stereocenters. The lowest BCUT2D eigenvalue weighted by Gasteiger charge is -2.04. The van der Waals surface area contributed by atoms with E-state index in [0.717, 1.165) is 17.8 Å². The van der Waals surface area contributed by atoms with Gasteiger partial charge in [0.05, 0.1) is 25.3 Å². The number of ether oxygens (including phenoxy) is 2. The van der Waals surface area contributed by atoms with Gasteiger partial charge in [0.15, 0.2) is 16.7 Å². The van der Waals surface area contributed by atoms with Crippen LogP contribution in [0.25, 0.3) is 0 Å². The van der Waals surface area contributed by atoms with Crippen molar-refractivity contribution in [1.29, 1.82) is 0 Å². The molecule has 0 aromatic heterocycles. The minimum absolute atomic E-state index is 0.0617. The van der Waals surface area contributed by atoms with Gasteiger partial charge in [-0.05, 0) is 23.9 Å². The first-order valence-electron chi connectivity index (χ1n) is 6.31. The zero-order valence-electron chi connectivity index (χ0n) is 12.3. The summed E-state index contributed by atoms with van der Waals surface area (Å²) in [6, 6.07) is 4.93. The molecule has 1 fully saturated rings. The van der Waals surface area contributed by atoms with Crippen molar-refractivity contribution in [3.05, 3.63) is 34.7 Å². The van der Waals surface area contributed by atoms with Gasteiger partial charge in [0.2, 0.25) is 0 Å². The summed E-state index contributed by atoms with van der Waals surface area (Å²) in [5, 5.41) is 20.2. The number of benzene rings is 1. The number of phenols is 1. The molecule has 8 nitrogen and oxygen atoms in total. The summed E-state index contributed by atoms with van der Waals surface area (Å²) >= 11 is 0.958. The number of phenolic OH excluding ortho intramolecular Hbond substituents is 1. The molecule has 2 rings (SSSR count). The Balaban J connectivity index is 2.11. The van der Waals surface area contributed by atoms with E-state index in [1.54, 1.807) is 18.2 Å². The van der Waals surface area contributed by atoms with E-state index in [9.17, 15) is 14.7 Å². The molecule has 1 aliphatic heterocycles. The quantitative estimate of drug-likeness (QED) is 0.368. The van der Waals surface area contributed by atoms with Crippen LogP contribution in [-0.4, -0.2) is 42.6 Å². The Bertz CT molecular complexity index is 727. The standard InChI is InChI=1S/C14H13N3O5S/c1-21-9-5-3-4-8(12(9)19)7-15-17-14-16-13(20)10(23-14)6-11(18)22-2/h3-7,19H,1-2H3,(H,16,17,20)/b10-6+,15-7?. The molecule has 1 saturated heterocycles. The number of thioether (sulfide) groups is 1. The van der Waals surface area contributed by atoms with E-state index in [-0.39, 0.29) is 15.8 Å². The van der Waals surface area contributed by atoms with Crippen molar-refractivity contribution in [2.75, 3.05) is 14.2 Å². The Morgan fingerprint density at radius 2 is 2.17 bits per heavy atom. The number of nitrogens with one attached hydrogen (secondary N) is 1. The average Bonchev–Trinajstić information content (AvgIpc) is 2.88. The van der Waals surface area contributed by atoms with Crippen LogP contribution in [0.15, 0.2) is 39.4 Å². The van der Waals surface area contributed by atoms with Gasteiger partial charge in [-0.2, -0.15) is 5.10 Å². The van der Waals surface area contributed by atoms with E-state index in [1.165, 1.54) is 20.4 Å². The van der Waals surface area contributed by atoms with Gasteiger partial charge in [0, 0.05) is 11.6 Å². The molecule has 1 aliphatic rings. The third-order valence-corrected chi connectivity index (χ3v) is 3.60. The summed E-state index contributed by atoms with van der Waals surface area (Å²) in [7, 11) is 2.66. The predicted molar refractivity (Wildman–Crippen MR) is 85.5 cm³/mol. The second kappa shape index (κ2) is 7.45. The second-order valence-corrected chi connectivity index (χ2v) is 5.17. The minimum atomic E-state index is -0.631. The Kier molecular flexibility index (Phi) is 5.36. The lowest BCUT2D eigenvalue weighted by molar-refractivity contribution is -0.135. The van der Waals surface area contributed by atoms with Crippen molar-refractivity contribution in [3.63, 3.8) is 0 Å². The van der Waals surface area contributed by atoms with Crippen LogP contribution in [0.4, 0.5) is 0 Å². The number of rotatable bonds is 4. The summed E-state index contributed by atoms with van der Waals surface area (Å²) in [6.45, 7) is 0. The van der Waals surface area contributed by atoms with Crippen molar-refractivity contribution < 1.29 is 24.2 Å². The Labute approximate surface area is 135 Å². The van der Waals surface area contributed by atoms with Crippen LogP contribution in [0.1, 0.15) is 5.56 Å². The fourth-order valence-electron chi connectivity index (χ4n) is 1.59. The largest absolute Gasteiger partial charge is 0.504 e.